The van der Waals surface area contributed by atoms with Crippen LogP contribution in [0.5, 0.6) is 5.75 Å². The van der Waals surface area contributed by atoms with Crippen molar-refractivity contribution in [2.75, 3.05) is 11.9 Å². The number of nitrogens with one attached hydrogen (secondary N) is 1. The van der Waals surface area contributed by atoms with Gasteiger partial charge in [-0.1, -0.05) is 29.0 Å². The van der Waals surface area contributed by atoms with Crippen LogP contribution in [-0.2, 0) is 4.79 Å². The van der Waals surface area contributed by atoms with E-state index in [1.807, 2.05) is 17.5 Å². The highest BCUT2D eigenvalue weighted by Crippen LogP contribution is 2.29. The van der Waals surface area contributed by atoms with Gasteiger partial charge in [-0.15, -0.1) is 21.5 Å². The number of thiophene rings is 1. The topological polar surface area (TPSA) is 64.1 Å². The van der Waals surface area contributed by atoms with Gasteiger partial charge in [0.2, 0.25) is 11.0 Å². The van der Waals surface area contributed by atoms with Crippen molar-refractivity contribution in [2.45, 2.75) is 12.8 Å². The minimum atomic E-state index is -0.0939. The molecular formula is C16H14ClN3O2S2. The van der Waals surface area contributed by atoms with E-state index in [1.165, 1.54) is 11.3 Å². The van der Waals surface area contributed by atoms with E-state index in [0.717, 1.165) is 15.6 Å². The lowest BCUT2D eigenvalue weighted by atomic mass is 10.3. The molecule has 0 saturated carbocycles. The van der Waals surface area contributed by atoms with Crippen LogP contribution in [0.2, 0.25) is 5.02 Å². The van der Waals surface area contributed by atoms with Crippen LogP contribution in [0.4, 0.5) is 5.13 Å². The first-order valence-electron chi connectivity index (χ1n) is 7.26. The third-order valence-electron chi connectivity index (χ3n) is 3.03. The van der Waals surface area contributed by atoms with Crippen LogP contribution in [0.25, 0.3) is 9.88 Å². The van der Waals surface area contributed by atoms with Gasteiger partial charge < -0.3 is 10.1 Å². The van der Waals surface area contributed by atoms with Crippen molar-refractivity contribution in [1.29, 1.82) is 0 Å². The normalized spacial score (nSPS) is 10.5. The Labute approximate surface area is 152 Å². The van der Waals surface area contributed by atoms with Gasteiger partial charge in [0, 0.05) is 11.4 Å². The summed E-state index contributed by atoms with van der Waals surface area (Å²) < 4.78 is 5.55. The van der Waals surface area contributed by atoms with E-state index in [1.54, 1.807) is 35.6 Å². The van der Waals surface area contributed by atoms with E-state index in [4.69, 9.17) is 16.3 Å². The Kier molecular flexibility index (Phi) is 5.79. The highest BCUT2D eigenvalue weighted by atomic mass is 35.5. The summed E-state index contributed by atoms with van der Waals surface area (Å²) in [5.74, 6) is 0.646. The number of rotatable bonds is 7. The summed E-state index contributed by atoms with van der Waals surface area (Å²) in [5.41, 5.74) is 0. The molecule has 2 heterocycles. The average molecular weight is 380 g/mol. The van der Waals surface area contributed by atoms with Crippen LogP contribution in [-0.4, -0.2) is 22.7 Å². The molecule has 3 rings (SSSR count). The Morgan fingerprint density at radius 1 is 1.21 bits per heavy atom. The van der Waals surface area contributed by atoms with E-state index in [9.17, 15) is 4.79 Å². The summed E-state index contributed by atoms with van der Waals surface area (Å²) in [6.07, 6.45) is 0.979. The highest BCUT2D eigenvalue weighted by Gasteiger charge is 2.10. The van der Waals surface area contributed by atoms with Crippen LogP contribution >= 0.6 is 34.3 Å². The zero-order chi connectivity index (χ0) is 16.8. The maximum Gasteiger partial charge on any atom is 0.226 e. The SMILES string of the molecule is O=C(CCCOc1ccc(Cl)cc1)Nc1nnc(-c2cccs2)s1. The second kappa shape index (κ2) is 8.23. The highest BCUT2D eigenvalue weighted by molar-refractivity contribution is 7.23. The molecule has 0 unspecified atom stereocenters. The summed E-state index contributed by atoms with van der Waals surface area (Å²) in [6, 6.07) is 11.1. The largest absolute Gasteiger partial charge is 0.494 e. The predicted molar refractivity (Wildman–Crippen MR) is 98.0 cm³/mol. The molecule has 1 amide bonds. The summed E-state index contributed by atoms with van der Waals surface area (Å²) in [7, 11) is 0. The number of hydrogen-bond acceptors (Lipinski definition) is 6. The van der Waals surface area contributed by atoms with Gasteiger partial charge in [0.15, 0.2) is 5.01 Å². The second-order valence-electron chi connectivity index (χ2n) is 4.84. The second-order valence-corrected chi connectivity index (χ2v) is 7.21. The first kappa shape index (κ1) is 16.9. The molecule has 2 aromatic heterocycles. The summed E-state index contributed by atoms with van der Waals surface area (Å²) in [5, 5.41) is 14.8. The lowest BCUT2D eigenvalue weighted by Gasteiger charge is -2.05. The molecule has 1 aromatic carbocycles. The van der Waals surface area contributed by atoms with Gasteiger partial charge in [-0.2, -0.15) is 0 Å². The number of anilines is 1. The fourth-order valence-electron chi connectivity index (χ4n) is 1.91. The zero-order valence-corrected chi connectivity index (χ0v) is 15.0. The quantitative estimate of drug-likeness (QED) is 0.603. The molecule has 0 atom stereocenters. The van der Waals surface area contributed by atoms with Crippen molar-refractivity contribution >= 4 is 45.3 Å². The van der Waals surface area contributed by atoms with Gasteiger partial charge in [0.05, 0.1) is 11.5 Å². The number of halogens is 1. The Morgan fingerprint density at radius 3 is 2.79 bits per heavy atom. The van der Waals surface area contributed by atoms with Gasteiger partial charge in [-0.25, -0.2) is 0 Å². The van der Waals surface area contributed by atoms with E-state index < -0.39 is 0 Å². The molecule has 0 fully saturated rings. The van der Waals surface area contributed by atoms with E-state index >= 15 is 0 Å². The van der Waals surface area contributed by atoms with Gasteiger partial charge in [-0.3, -0.25) is 4.79 Å². The number of benzene rings is 1. The number of carbonyl (C=O) groups is 1. The number of carbonyl (C=O) groups excluding carboxylic acids is 1. The first-order chi connectivity index (χ1) is 11.7. The lowest BCUT2D eigenvalue weighted by Crippen LogP contribution is -2.12. The molecule has 124 valence electrons. The van der Waals surface area contributed by atoms with Gasteiger partial charge in [-0.05, 0) is 42.1 Å². The van der Waals surface area contributed by atoms with Gasteiger partial charge in [0.25, 0.3) is 0 Å². The standard InChI is InChI=1S/C16H14ClN3O2S2/c17-11-5-7-12(8-6-11)22-9-1-4-14(21)18-16-20-19-15(24-16)13-3-2-10-23-13/h2-3,5-8,10H,1,4,9H2,(H,18,20,21). The summed E-state index contributed by atoms with van der Waals surface area (Å²) >= 11 is 8.77. The fraction of sp³-hybridized carbons (Fsp3) is 0.188. The Balaban J connectivity index is 1.40. The molecule has 8 heteroatoms. The molecule has 0 aliphatic heterocycles. The van der Waals surface area contributed by atoms with Crippen LogP contribution in [0, 0.1) is 0 Å². The molecule has 0 bridgehead atoms. The van der Waals surface area contributed by atoms with Crippen LogP contribution < -0.4 is 10.1 Å². The minimum absolute atomic E-state index is 0.0939. The number of ether oxygens (including phenoxy) is 1. The average Bonchev–Trinajstić information content (AvgIpc) is 3.24. The van der Waals surface area contributed by atoms with Crippen molar-refractivity contribution in [3.63, 3.8) is 0 Å². The Hall–Kier alpha value is -1.96. The summed E-state index contributed by atoms with van der Waals surface area (Å²) in [6.45, 7) is 0.464. The third-order valence-corrected chi connectivity index (χ3v) is 5.16. The third kappa shape index (κ3) is 4.77. The molecule has 5 nitrogen and oxygen atoms in total. The van der Waals surface area contributed by atoms with E-state index in [-0.39, 0.29) is 5.91 Å². The van der Waals surface area contributed by atoms with Crippen molar-refractivity contribution < 1.29 is 9.53 Å². The van der Waals surface area contributed by atoms with Gasteiger partial charge in [0.1, 0.15) is 5.75 Å². The number of amides is 1. The van der Waals surface area contributed by atoms with Crippen molar-refractivity contribution in [3.05, 3.63) is 46.8 Å². The van der Waals surface area contributed by atoms with E-state index in [2.05, 4.69) is 15.5 Å². The number of hydrogen-bond donors (Lipinski definition) is 1. The Bertz CT molecular complexity index is 788. The smallest absolute Gasteiger partial charge is 0.226 e. The molecule has 1 N–H and O–H groups in total. The van der Waals surface area contributed by atoms with Crippen LogP contribution in [0.3, 0.4) is 0 Å². The van der Waals surface area contributed by atoms with Crippen molar-refractivity contribution in [3.8, 4) is 15.6 Å². The molecule has 0 aliphatic rings. The first-order valence-corrected chi connectivity index (χ1v) is 9.34. The van der Waals surface area contributed by atoms with Crippen LogP contribution in [0.15, 0.2) is 41.8 Å². The maximum atomic E-state index is 11.9. The van der Waals surface area contributed by atoms with Crippen molar-refractivity contribution in [1.82, 2.24) is 10.2 Å². The lowest BCUT2D eigenvalue weighted by molar-refractivity contribution is -0.116. The van der Waals surface area contributed by atoms with Gasteiger partial charge >= 0.3 is 0 Å². The molecule has 0 saturated heterocycles. The van der Waals surface area contributed by atoms with E-state index in [0.29, 0.717) is 29.6 Å². The maximum absolute atomic E-state index is 11.9. The van der Waals surface area contributed by atoms with Crippen molar-refractivity contribution in [2.24, 2.45) is 0 Å². The number of aromatic nitrogens is 2. The predicted octanol–water partition coefficient (Wildman–Crippen LogP) is 4.72. The molecule has 0 aliphatic carbocycles. The fourth-order valence-corrected chi connectivity index (χ4v) is 3.59. The molecule has 3 aromatic rings. The molecule has 0 radical (unpaired) electrons. The summed E-state index contributed by atoms with van der Waals surface area (Å²) in [4.78, 5) is 13.0. The monoisotopic (exact) mass is 379 g/mol. The molecule has 0 spiro atoms. The van der Waals surface area contributed by atoms with Crippen LogP contribution in [0.1, 0.15) is 12.8 Å². The molecular weight excluding hydrogens is 366 g/mol. The number of nitrogens with zero attached hydrogens (tertiary/aromatic N) is 2. The molecule has 24 heavy (non-hydrogen) atoms. The zero-order valence-electron chi connectivity index (χ0n) is 12.6. The Morgan fingerprint density at radius 2 is 2.04 bits per heavy atom. The minimum Gasteiger partial charge on any atom is -0.494 e.